The van der Waals surface area contributed by atoms with Gasteiger partial charge in [-0.1, -0.05) is 29.8 Å². The largest absolute Gasteiger partial charge is 0.369 e. The van der Waals surface area contributed by atoms with Crippen LogP contribution in [0.2, 0.25) is 5.02 Å². The van der Waals surface area contributed by atoms with E-state index >= 15 is 0 Å². The Hall–Kier alpha value is -1.75. The first-order valence-corrected chi connectivity index (χ1v) is 10.3. The molecule has 0 radical (unpaired) electrons. The topological polar surface area (TPSA) is 24.9 Å². The summed E-state index contributed by atoms with van der Waals surface area (Å²) in [5.41, 5.74) is 5.45. The normalized spacial score (nSPS) is 21.8. The second-order valence-corrected chi connectivity index (χ2v) is 8.14. The van der Waals surface area contributed by atoms with Crippen molar-refractivity contribution < 1.29 is 9.78 Å². The Labute approximate surface area is 165 Å². The van der Waals surface area contributed by atoms with Crippen LogP contribution in [0.1, 0.15) is 29.0 Å². The fourth-order valence-corrected chi connectivity index (χ4v) is 4.89. The molecule has 3 aliphatic rings. The highest BCUT2D eigenvalue weighted by atomic mass is 35.5. The van der Waals surface area contributed by atoms with Crippen molar-refractivity contribution in [2.24, 2.45) is 0 Å². The molecule has 2 heterocycles. The number of fused-ring (bicyclic) bond motifs is 2. The molecule has 1 saturated heterocycles. The molecular weight excluding hydrogens is 360 g/mol. The monoisotopic (exact) mass is 384 g/mol. The van der Waals surface area contributed by atoms with Gasteiger partial charge in [-0.2, -0.15) is 4.89 Å². The van der Waals surface area contributed by atoms with Gasteiger partial charge in [0.2, 0.25) is 0 Å². The maximum absolute atomic E-state index is 6.27. The summed E-state index contributed by atoms with van der Waals surface area (Å²) in [5.74, 6) is 1.57. The van der Waals surface area contributed by atoms with Crippen LogP contribution in [0.4, 0.5) is 5.69 Å². The zero-order chi connectivity index (χ0) is 18.2. The van der Waals surface area contributed by atoms with E-state index in [4.69, 9.17) is 21.4 Å². The molecule has 0 N–H and O–H groups in total. The Morgan fingerprint density at radius 1 is 1.00 bits per heavy atom. The number of anilines is 1. The maximum atomic E-state index is 6.27. The molecule has 0 bridgehead atoms. The average molecular weight is 385 g/mol. The molecule has 2 aromatic rings. The van der Waals surface area contributed by atoms with Gasteiger partial charge in [0.15, 0.2) is 5.75 Å². The van der Waals surface area contributed by atoms with Crippen molar-refractivity contribution >= 4 is 17.3 Å². The van der Waals surface area contributed by atoms with Gasteiger partial charge in [0.25, 0.3) is 0 Å². The van der Waals surface area contributed by atoms with E-state index in [1.54, 1.807) is 0 Å². The molecule has 142 valence electrons. The first kappa shape index (κ1) is 17.4. The Balaban J connectivity index is 1.16. The van der Waals surface area contributed by atoms with Gasteiger partial charge in [-0.05, 0) is 54.6 Å². The first-order valence-electron chi connectivity index (χ1n) is 9.95. The number of rotatable bonds is 4. The van der Waals surface area contributed by atoms with Crippen molar-refractivity contribution in [3.05, 3.63) is 58.1 Å². The zero-order valence-electron chi connectivity index (χ0n) is 15.5. The van der Waals surface area contributed by atoms with E-state index in [0.717, 1.165) is 49.8 Å². The van der Waals surface area contributed by atoms with Gasteiger partial charge in [-0.3, -0.25) is 4.90 Å². The Kier molecular flexibility index (Phi) is 4.72. The lowest BCUT2D eigenvalue weighted by Gasteiger charge is -2.39. The highest BCUT2D eigenvalue weighted by molar-refractivity contribution is 6.31. The molecule has 1 unspecified atom stereocenters. The molecule has 1 aliphatic carbocycles. The number of piperazine rings is 1. The second kappa shape index (κ2) is 7.34. The van der Waals surface area contributed by atoms with Crippen molar-refractivity contribution in [2.45, 2.75) is 25.2 Å². The Bertz CT molecular complexity index is 833. The molecule has 2 aliphatic heterocycles. The summed E-state index contributed by atoms with van der Waals surface area (Å²) in [6.45, 7) is 6.20. The number of benzene rings is 2. The Morgan fingerprint density at radius 2 is 1.85 bits per heavy atom. The minimum Gasteiger partial charge on any atom is -0.369 e. The second-order valence-electron chi connectivity index (χ2n) is 7.74. The Morgan fingerprint density at radius 3 is 2.74 bits per heavy atom. The van der Waals surface area contributed by atoms with Crippen LogP contribution >= 0.6 is 11.6 Å². The van der Waals surface area contributed by atoms with Crippen molar-refractivity contribution in [3.63, 3.8) is 0 Å². The summed E-state index contributed by atoms with van der Waals surface area (Å²) < 4.78 is 0. The van der Waals surface area contributed by atoms with Crippen LogP contribution in [-0.4, -0.2) is 44.2 Å². The van der Waals surface area contributed by atoms with Crippen LogP contribution in [0.25, 0.3) is 0 Å². The predicted molar refractivity (Wildman–Crippen MR) is 108 cm³/mol. The van der Waals surface area contributed by atoms with Crippen molar-refractivity contribution in [1.29, 1.82) is 0 Å². The minimum atomic E-state index is 0.636. The SMILES string of the molecule is Clc1cccc2c1CC2CCN1CCN(c2cccc3c2CCOO3)CC1. The van der Waals surface area contributed by atoms with Crippen LogP contribution in [0.5, 0.6) is 5.75 Å². The van der Waals surface area contributed by atoms with Crippen LogP contribution in [0, 0.1) is 0 Å². The molecule has 27 heavy (non-hydrogen) atoms. The summed E-state index contributed by atoms with van der Waals surface area (Å²) in [7, 11) is 0. The van der Waals surface area contributed by atoms with Gasteiger partial charge in [0.05, 0.1) is 6.61 Å². The number of hydrogen-bond donors (Lipinski definition) is 0. The fourth-order valence-electron chi connectivity index (χ4n) is 4.64. The van der Waals surface area contributed by atoms with Gasteiger partial charge in [0.1, 0.15) is 0 Å². The van der Waals surface area contributed by atoms with E-state index < -0.39 is 0 Å². The third-order valence-corrected chi connectivity index (χ3v) is 6.60. The van der Waals surface area contributed by atoms with E-state index in [9.17, 15) is 0 Å². The summed E-state index contributed by atoms with van der Waals surface area (Å²) in [6.07, 6.45) is 3.31. The molecule has 5 heteroatoms. The molecule has 0 spiro atoms. The van der Waals surface area contributed by atoms with Crippen LogP contribution in [0.3, 0.4) is 0 Å². The zero-order valence-corrected chi connectivity index (χ0v) is 16.3. The highest BCUT2D eigenvalue weighted by Gasteiger charge is 2.29. The van der Waals surface area contributed by atoms with Gasteiger partial charge < -0.3 is 9.79 Å². The quantitative estimate of drug-likeness (QED) is 0.742. The van der Waals surface area contributed by atoms with E-state index in [1.807, 2.05) is 12.1 Å². The standard InChI is InChI=1S/C22H25ClN2O2/c23-20-4-1-3-17-16(15-19(17)20)7-9-24-10-12-25(13-11-24)21-5-2-6-22-18(21)8-14-26-27-22/h1-6,16H,7-15H2. The molecule has 0 saturated carbocycles. The molecule has 4 nitrogen and oxygen atoms in total. The van der Waals surface area contributed by atoms with Crippen molar-refractivity contribution in [2.75, 3.05) is 44.2 Å². The third kappa shape index (κ3) is 3.31. The number of nitrogens with zero attached hydrogens (tertiary/aromatic N) is 2. The fraction of sp³-hybridized carbons (Fsp3) is 0.455. The molecule has 1 fully saturated rings. The average Bonchev–Trinajstić information content (AvgIpc) is 2.70. The van der Waals surface area contributed by atoms with E-state index in [0.29, 0.717) is 12.5 Å². The molecule has 1 atom stereocenters. The molecule has 0 aromatic heterocycles. The maximum Gasteiger partial charge on any atom is 0.170 e. The van der Waals surface area contributed by atoms with Crippen LogP contribution < -0.4 is 9.79 Å². The van der Waals surface area contributed by atoms with E-state index in [1.165, 1.54) is 35.3 Å². The van der Waals surface area contributed by atoms with Crippen LogP contribution in [-0.2, 0) is 17.7 Å². The lowest BCUT2D eigenvalue weighted by atomic mass is 9.75. The molecular formula is C22H25ClN2O2. The van der Waals surface area contributed by atoms with E-state index in [2.05, 4.69) is 34.1 Å². The van der Waals surface area contributed by atoms with Crippen molar-refractivity contribution in [3.8, 4) is 5.75 Å². The number of halogens is 1. The first-order chi connectivity index (χ1) is 13.3. The molecule has 5 rings (SSSR count). The minimum absolute atomic E-state index is 0.636. The summed E-state index contributed by atoms with van der Waals surface area (Å²) >= 11 is 6.27. The lowest BCUT2D eigenvalue weighted by Crippen LogP contribution is -2.47. The van der Waals surface area contributed by atoms with Crippen LogP contribution in [0.15, 0.2) is 36.4 Å². The third-order valence-electron chi connectivity index (χ3n) is 6.24. The van der Waals surface area contributed by atoms with Gasteiger partial charge >= 0.3 is 0 Å². The lowest BCUT2D eigenvalue weighted by molar-refractivity contribution is -0.215. The summed E-state index contributed by atoms with van der Waals surface area (Å²) in [5, 5.41) is 0.943. The summed E-state index contributed by atoms with van der Waals surface area (Å²) in [4.78, 5) is 15.6. The summed E-state index contributed by atoms with van der Waals surface area (Å²) in [6, 6.07) is 12.6. The van der Waals surface area contributed by atoms with Crippen molar-refractivity contribution in [1.82, 2.24) is 4.90 Å². The number of hydrogen-bond acceptors (Lipinski definition) is 4. The van der Waals surface area contributed by atoms with Gasteiger partial charge in [-0.15, -0.1) is 0 Å². The molecule has 2 aromatic carbocycles. The smallest absolute Gasteiger partial charge is 0.170 e. The van der Waals surface area contributed by atoms with Gasteiger partial charge in [-0.25, -0.2) is 0 Å². The van der Waals surface area contributed by atoms with Gasteiger partial charge in [0, 0.05) is 48.9 Å². The van der Waals surface area contributed by atoms with E-state index in [-0.39, 0.29) is 0 Å². The highest BCUT2D eigenvalue weighted by Crippen LogP contribution is 2.41. The molecule has 0 amide bonds. The predicted octanol–water partition coefficient (Wildman–Crippen LogP) is 4.06.